The van der Waals surface area contributed by atoms with Gasteiger partial charge >= 0.3 is 0 Å². The number of piperazine rings is 3. The Kier molecular flexibility index (Phi) is 5.23. The molecule has 0 aliphatic carbocycles. The number of nitrogens with one attached hydrogen (secondary N) is 1. The van der Waals surface area contributed by atoms with Gasteiger partial charge in [-0.3, -0.25) is 9.69 Å². The molecular formula is C20H23ClN3OS+. The van der Waals surface area contributed by atoms with Crippen LogP contribution in [0.15, 0.2) is 58.3 Å². The van der Waals surface area contributed by atoms with Gasteiger partial charge in [0.05, 0.1) is 25.3 Å². The van der Waals surface area contributed by atoms with Crippen LogP contribution in [0.1, 0.15) is 0 Å². The molecule has 6 heteroatoms. The van der Waals surface area contributed by atoms with E-state index in [0.29, 0.717) is 6.54 Å². The van der Waals surface area contributed by atoms with E-state index in [2.05, 4.69) is 10.2 Å². The molecule has 3 aliphatic heterocycles. The number of carbonyl (C=O) groups excluding carboxylic acids is 1. The van der Waals surface area contributed by atoms with Gasteiger partial charge in [0, 0.05) is 34.4 Å². The zero-order valence-electron chi connectivity index (χ0n) is 14.7. The molecule has 0 radical (unpaired) electrons. The topological polar surface area (TPSA) is 32.3 Å². The Morgan fingerprint density at radius 2 is 1.69 bits per heavy atom. The quantitative estimate of drug-likeness (QED) is 0.794. The molecular weight excluding hydrogens is 366 g/mol. The van der Waals surface area contributed by atoms with Crippen molar-refractivity contribution in [3.05, 3.63) is 53.6 Å². The molecule has 3 saturated heterocycles. The highest BCUT2D eigenvalue weighted by atomic mass is 35.5. The van der Waals surface area contributed by atoms with E-state index < -0.39 is 0 Å². The minimum absolute atomic E-state index is 0.115. The van der Waals surface area contributed by atoms with Crippen molar-refractivity contribution in [1.82, 2.24) is 4.90 Å². The number of benzene rings is 2. The lowest BCUT2D eigenvalue weighted by molar-refractivity contribution is -0.933. The summed E-state index contributed by atoms with van der Waals surface area (Å²) in [5.41, 5.74) is 0.881. The van der Waals surface area contributed by atoms with Gasteiger partial charge < -0.3 is 9.80 Å². The van der Waals surface area contributed by atoms with Crippen LogP contribution in [0.4, 0.5) is 5.69 Å². The number of rotatable bonds is 5. The fraction of sp³-hybridized carbons (Fsp3) is 0.350. The van der Waals surface area contributed by atoms with Gasteiger partial charge in [-0.05, 0) is 36.4 Å². The van der Waals surface area contributed by atoms with Crippen molar-refractivity contribution in [3.8, 4) is 0 Å². The Morgan fingerprint density at radius 1 is 1.04 bits per heavy atom. The molecule has 2 aromatic carbocycles. The second-order valence-corrected chi connectivity index (χ2v) is 8.66. The Hall–Kier alpha value is -1.53. The molecule has 0 unspecified atom stereocenters. The van der Waals surface area contributed by atoms with E-state index in [-0.39, 0.29) is 5.91 Å². The van der Waals surface area contributed by atoms with Crippen molar-refractivity contribution >= 4 is 35.0 Å². The van der Waals surface area contributed by atoms with Crippen LogP contribution >= 0.6 is 23.4 Å². The van der Waals surface area contributed by atoms with E-state index in [0.717, 1.165) is 64.3 Å². The third-order valence-corrected chi connectivity index (χ3v) is 6.69. The summed E-state index contributed by atoms with van der Waals surface area (Å²) >= 11 is 7.61. The maximum absolute atomic E-state index is 12.7. The maximum atomic E-state index is 12.7. The first-order valence-corrected chi connectivity index (χ1v) is 10.2. The standard InChI is InChI=1S/C20H22ClN3OS/c21-16-5-7-17(8-6-16)26-19-4-2-1-3-18(19)22-20(25)15-24-12-9-23(10-13-24)11-14-24/h1-8H,9-15H2/p+1. The average molecular weight is 389 g/mol. The van der Waals surface area contributed by atoms with Crippen LogP contribution in [0, 0.1) is 0 Å². The van der Waals surface area contributed by atoms with Crippen molar-refractivity contribution in [3.63, 3.8) is 0 Å². The van der Waals surface area contributed by atoms with Crippen LogP contribution in [0.5, 0.6) is 0 Å². The largest absolute Gasteiger partial charge is 0.320 e. The molecule has 3 aliphatic rings. The maximum Gasteiger partial charge on any atom is 0.279 e. The summed E-state index contributed by atoms with van der Waals surface area (Å²) in [6, 6.07) is 15.8. The summed E-state index contributed by atoms with van der Waals surface area (Å²) in [5.74, 6) is 0.115. The third-order valence-electron chi connectivity index (χ3n) is 5.35. The molecule has 0 atom stereocenters. The van der Waals surface area contributed by atoms with Crippen molar-refractivity contribution < 1.29 is 9.28 Å². The molecule has 5 rings (SSSR count). The lowest BCUT2D eigenvalue weighted by Gasteiger charge is -2.50. The molecule has 0 spiro atoms. The van der Waals surface area contributed by atoms with Crippen molar-refractivity contribution in [1.29, 1.82) is 0 Å². The highest BCUT2D eigenvalue weighted by Gasteiger charge is 2.39. The fourth-order valence-corrected chi connectivity index (χ4v) is 4.78. The predicted octanol–water partition coefficient (Wildman–Crippen LogP) is 3.58. The van der Waals surface area contributed by atoms with Crippen LogP contribution in [0.3, 0.4) is 0 Å². The van der Waals surface area contributed by atoms with Gasteiger partial charge in [-0.2, -0.15) is 0 Å². The van der Waals surface area contributed by atoms with Gasteiger partial charge in [0.25, 0.3) is 5.91 Å². The smallest absolute Gasteiger partial charge is 0.279 e. The molecule has 4 nitrogen and oxygen atoms in total. The second-order valence-electron chi connectivity index (χ2n) is 7.11. The number of quaternary nitrogens is 1. The number of hydrogen-bond donors (Lipinski definition) is 1. The van der Waals surface area contributed by atoms with Gasteiger partial charge in [-0.1, -0.05) is 35.5 Å². The summed E-state index contributed by atoms with van der Waals surface area (Å²) < 4.78 is 0.939. The molecule has 26 heavy (non-hydrogen) atoms. The zero-order chi connectivity index (χ0) is 18.0. The highest BCUT2D eigenvalue weighted by molar-refractivity contribution is 7.99. The number of anilines is 1. The molecule has 1 amide bonds. The van der Waals surface area contributed by atoms with E-state index >= 15 is 0 Å². The molecule has 0 aromatic heterocycles. The molecule has 136 valence electrons. The number of nitrogens with zero attached hydrogens (tertiary/aromatic N) is 2. The normalized spacial score (nSPS) is 24.4. The van der Waals surface area contributed by atoms with Crippen LogP contribution in [-0.2, 0) is 4.79 Å². The number of para-hydroxylation sites is 1. The summed E-state index contributed by atoms with van der Waals surface area (Å²) in [4.78, 5) is 17.4. The number of amides is 1. The molecule has 3 fully saturated rings. The van der Waals surface area contributed by atoms with E-state index in [9.17, 15) is 4.79 Å². The Morgan fingerprint density at radius 3 is 2.38 bits per heavy atom. The van der Waals surface area contributed by atoms with Crippen LogP contribution in [0.2, 0.25) is 5.02 Å². The molecule has 2 aromatic rings. The van der Waals surface area contributed by atoms with Crippen molar-refractivity contribution in [2.75, 3.05) is 51.1 Å². The Bertz CT molecular complexity index is 774. The number of halogens is 1. The van der Waals surface area contributed by atoms with E-state index in [1.807, 2.05) is 48.5 Å². The summed E-state index contributed by atoms with van der Waals surface area (Å²) in [7, 11) is 0. The van der Waals surface area contributed by atoms with Gasteiger partial charge in [0.15, 0.2) is 6.54 Å². The lowest BCUT2D eigenvalue weighted by Crippen LogP contribution is -2.68. The summed E-state index contributed by atoms with van der Waals surface area (Å²) in [6.45, 7) is 7.22. The fourth-order valence-electron chi connectivity index (χ4n) is 3.75. The SMILES string of the molecule is O=C(C[N+]12CCN(CC1)CC2)Nc1ccccc1Sc1ccc(Cl)cc1. The molecule has 3 heterocycles. The highest BCUT2D eigenvalue weighted by Crippen LogP contribution is 2.34. The van der Waals surface area contributed by atoms with Crippen molar-refractivity contribution in [2.45, 2.75) is 9.79 Å². The molecule has 2 bridgehead atoms. The Labute approximate surface area is 163 Å². The predicted molar refractivity (Wildman–Crippen MR) is 107 cm³/mol. The van der Waals surface area contributed by atoms with E-state index in [1.165, 1.54) is 0 Å². The number of fused-ring (bicyclic) bond motifs is 3. The first-order chi connectivity index (χ1) is 12.6. The van der Waals surface area contributed by atoms with Gasteiger partial charge in [-0.15, -0.1) is 0 Å². The molecule has 0 saturated carbocycles. The van der Waals surface area contributed by atoms with Gasteiger partial charge in [0.2, 0.25) is 0 Å². The van der Waals surface area contributed by atoms with Gasteiger partial charge in [-0.25, -0.2) is 0 Å². The minimum Gasteiger partial charge on any atom is -0.320 e. The second kappa shape index (κ2) is 7.61. The van der Waals surface area contributed by atoms with Crippen LogP contribution < -0.4 is 5.32 Å². The summed E-state index contributed by atoms with van der Waals surface area (Å²) in [6.07, 6.45) is 0. The number of carbonyl (C=O) groups is 1. The van der Waals surface area contributed by atoms with Crippen LogP contribution in [0.25, 0.3) is 0 Å². The first kappa shape index (κ1) is 17.9. The molecule has 1 N–H and O–H groups in total. The van der Waals surface area contributed by atoms with E-state index in [4.69, 9.17) is 11.6 Å². The van der Waals surface area contributed by atoms with Crippen LogP contribution in [-0.4, -0.2) is 61.1 Å². The third kappa shape index (κ3) is 4.07. The Balaban J connectivity index is 1.44. The lowest BCUT2D eigenvalue weighted by atomic mass is 10.1. The van der Waals surface area contributed by atoms with E-state index in [1.54, 1.807) is 11.8 Å². The monoisotopic (exact) mass is 388 g/mol. The number of hydrogen-bond acceptors (Lipinski definition) is 3. The summed E-state index contributed by atoms with van der Waals surface area (Å²) in [5, 5.41) is 3.88. The average Bonchev–Trinajstić information content (AvgIpc) is 2.66. The zero-order valence-corrected chi connectivity index (χ0v) is 16.2. The first-order valence-electron chi connectivity index (χ1n) is 9.02. The minimum atomic E-state index is 0.115. The van der Waals surface area contributed by atoms with Gasteiger partial charge in [0.1, 0.15) is 0 Å². The van der Waals surface area contributed by atoms with Crippen molar-refractivity contribution in [2.24, 2.45) is 0 Å².